The van der Waals surface area contributed by atoms with E-state index in [1.54, 1.807) is 14.0 Å². The summed E-state index contributed by atoms with van der Waals surface area (Å²) in [6, 6.07) is -2.47. The summed E-state index contributed by atoms with van der Waals surface area (Å²) >= 11 is 0. The molecule has 188 valence electrons. The maximum absolute atomic E-state index is 11.1. The van der Waals surface area contributed by atoms with E-state index in [0.717, 1.165) is 6.42 Å². The topological polar surface area (TPSA) is 214 Å². The maximum Gasteiger partial charge on any atom is 0.185 e. The number of hydrogen-bond acceptors (Lipinski definition) is 12. The van der Waals surface area contributed by atoms with Crippen LogP contribution in [0.1, 0.15) is 33.1 Å². The van der Waals surface area contributed by atoms with Gasteiger partial charge in [-0.15, -0.1) is 0 Å². The van der Waals surface area contributed by atoms with Crippen LogP contribution in [0, 0.1) is 0 Å². The van der Waals surface area contributed by atoms with Crippen LogP contribution in [-0.2, 0) is 18.9 Å². The minimum Gasteiger partial charge on any atom is -0.388 e. The molecule has 2 aliphatic heterocycles. The van der Waals surface area contributed by atoms with Gasteiger partial charge in [0.25, 0.3) is 0 Å². The van der Waals surface area contributed by atoms with Gasteiger partial charge in [0.05, 0.1) is 24.8 Å². The van der Waals surface area contributed by atoms with Gasteiger partial charge in [0.2, 0.25) is 0 Å². The highest BCUT2D eigenvalue weighted by molar-refractivity contribution is 5.02. The Kier molecular flexibility index (Phi) is 8.51. The zero-order valence-corrected chi connectivity index (χ0v) is 19.0. The fourth-order valence-corrected chi connectivity index (χ4v) is 4.87. The first-order valence-corrected chi connectivity index (χ1v) is 11.3. The fraction of sp³-hybridized carbons (Fsp3) is 1.00. The number of hydrogen-bond donors (Lipinski definition) is 8. The number of nitrogens with two attached hydrogens (primary N) is 4. The van der Waals surface area contributed by atoms with E-state index >= 15 is 0 Å². The van der Waals surface area contributed by atoms with E-state index in [9.17, 15) is 15.3 Å². The summed E-state index contributed by atoms with van der Waals surface area (Å²) in [5.74, 6) is 0. The highest BCUT2D eigenvalue weighted by Gasteiger charge is 2.50. The molecule has 13 atom stereocenters. The van der Waals surface area contributed by atoms with Gasteiger partial charge in [-0.1, -0.05) is 0 Å². The molecule has 0 aromatic carbocycles. The minimum atomic E-state index is -1.29. The van der Waals surface area contributed by atoms with Gasteiger partial charge in [-0.05, 0) is 40.2 Å². The highest BCUT2D eigenvalue weighted by atomic mass is 16.7. The minimum absolute atomic E-state index is 0.0683. The van der Waals surface area contributed by atoms with Crippen LogP contribution in [0.2, 0.25) is 0 Å². The Morgan fingerprint density at radius 3 is 2.16 bits per heavy atom. The Morgan fingerprint density at radius 2 is 1.59 bits per heavy atom. The number of ether oxygens (including phenoxy) is 4. The molecule has 2 saturated heterocycles. The van der Waals surface area contributed by atoms with Gasteiger partial charge >= 0.3 is 0 Å². The lowest BCUT2D eigenvalue weighted by Crippen LogP contribution is -2.68. The van der Waals surface area contributed by atoms with Crippen LogP contribution < -0.4 is 28.3 Å². The third-order valence-electron chi connectivity index (χ3n) is 6.81. The average Bonchev–Trinajstić information content (AvgIpc) is 2.71. The summed E-state index contributed by atoms with van der Waals surface area (Å²) in [6.45, 7) is 3.34. The summed E-state index contributed by atoms with van der Waals surface area (Å²) < 4.78 is 23.4. The molecule has 1 aliphatic carbocycles. The summed E-state index contributed by atoms with van der Waals surface area (Å²) in [5.41, 5.74) is 23.3. The normalized spacial score (nSPS) is 51.4. The van der Waals surface area contributed by atoms with Crippen LogP contribution in [0.3, 0.4) is 0 Å². The molecule has 0 amide bonds. The van der Waals surface area contributed by atoms with Gasteiger partial charge < -0.3 is 62.5 Å². The van der Waals surface area contributed by atoms with Gasteiger partial charge in [-0.3, -0.25) is 0 Å². The van der Waals surface area contributed by atoms with E-state index in [-0.39, 0.29) is 24.8 Å². The molecular weight excluding hydrogens is 422 g/mol. The number of rotatable bonds is 6. The van der Waals surface area contributed by atoms with E-state index in [1.165, 1.54) is 0 Å². The van der Waals surface area contributed by atoms with Gasteiger partial charge in [0.1, 0.15) is 30.0 Å². The number of nitrogens with one attached hydrogen (secondary N) is 1. The van der Waals surface area contributed by atoms with Crippen molar-refractivity contribution in [3.63, 3.8) is 0 Å². The van der Waals surface area contributed by atoms with Crippen molar-refractivity contribution in [2.75, 3.05) is 13.7 Å². The molecule has 0 aromatic rings. The molecule has 0 bridgehead atoms. The van der Waals surface area contributed by atoms with Gasteiger partial charge in [-0.25, -0.2) is 0 Å². The molecular formula is C20H41N5O7. The molecule has 2 heterocycles. The molecule has 32 heavy (non-hydrogen) atoms. The van der Waals surface area contributed by atoms with Crippen molar-refractivity contribution < 1.29 is 34.3 Å². The molecule has 3 fully saturated rings. The Balaban J connectivity index is 1.69. The quantitative estimate of drug-likeness (QED) is 0.192. The van der Waals surface area contributed by atoms with E-state index in [0.29, 0.717) is 12.8 Å². The molecule has 3 rings (SSSR count). The molecule has 12 nitrogen and oxygen atoms in total. The Hall–Kier alpha value is -0.480. The zero-order valence-electron chi connectivity index (χ0n) is 19.0. The van der Waals surface area contributed by atoms with Crippen LogP contribution in [-0.4, -0.2) is 108 Å². The van der Waals surface area contributed by atoms with Crippen molar-refractivity contribution >= 4 is 0 Å². The molecule has 0 radical (unpaired) electrons. The summed E-state index contributed by atoms with van der Waals surface area (Å²) in [4.78, 5) is 0. The number of aliphatic hydroxyl groups excluding tert-OH is 2. The van der Waals surface area contributed by atoms with Crippen LogP contribution in [0.15, 0.2) is 0 Å². The zero-order chi connectivity index (χ0) is 23.8. The predicted octanol–water partition coefficient (Wildman–Crippen LogP) is -3.59. The summed E-state index contributed by atoms with van der Waals surface area (Å²) in [6.07, 6.45) is -4.58. The van der Waals surface area contributed by atoms with Crippen molar-refractivity contribution in [3.05, 3.63) is 0 Å². The monoisotopic (exact) mass is 463 g/mol. The van der Waals surface area contributed by atoms with E-state index < -0.39 is 60.7 Å². The van der Waals surface area contributed by atoms with Crippen LogP contribution in [0.5, 0.6) is 0 Å². The number of likely N-dealkylation sites (N-methyl/N-ethyl adjacent to an activating group) is 1. The Bertz CT molecular complexity index is 615. The SMILES string of the molecule is CN[C@@H]1[C@@H](O)[C@@H](O[C@@H]2[C@@H](O)[C@H](O[C@H]3O[C@H]([C@@H](C)N)CC[C@H]3N)[C@@H](N)C[C@H]2N)OCC1(C)O. The van der Waals surface area contributed by atoms with E-state index in [2.05, 4.69) is 5.32 Å². The van der Waals surface area contributed by atoms with Gasteiger partial charge in [0, 0.05) is 18.1 Å². The second-order valence-electron chi connectivity index (χ2n) is 9.69. The predicted molar refractivity (Wildman–Crippen MR) is 115 cm³/mol. The van der Waals surface area contributed by atoms with Crippen molar-refractivity contribution in [2.24, 2.45) is 22.9 Å². The standard InChI is InChI=1S/C20H41N5O7/c1-8(21)12-5-4-9(22)18(30-12)31-15-10(23)6-11(24)16(13(15)26)32-19-14(27)17(25-3)20(2,28)7-29-19/h8-19,25-28H,4-7,21-24H2,1-3H3/t8-,9-,10+,11-,12+,13+,14-,15-,16+,17-,18-,19-,20?/m1/s1. The second-order valence-corrected chi connectivity index (χ2v) is 9.69. The lowest BCUT2D eigenvalue weighted by Gasteiger charge is -2.48. The molecule has 1 unspecified atom stereocenters. The van der Waals surface area contributed by atoms with Crippen LogP contribution in [0.25, 0.3) is 0 Å². The lowest BCUT2D eigenvalue weighted by atomic mass is 9.84. The lowest BCUT2D eigenvalue weighted by molar-refractivity contribution is -0.307. The first-order valence-electron chi connectivity index (χ1n) is 11.3. The number of aliphatic hydroxyl groups is 3. The van der Waals surface area contributed by atoms with Gasteiger partial charge in [-0.2, -0.15) is 0 Å². The molecule has 12 N–H and O–H groups in total. The smallest absolute Gasteiger partial charge is 0.185 e. The van der Waals surface area contributed by atoms with Crippen molar-refractivity contribution in [1.29, 1.82) is 0 Å². The molecule has 0 spiro atoms. The maximum atomic E-state index is 11.1. The van der Waals surface area contributed by atoms with Crippen LogP contribution in [0.4, 0.5) is 0 Å². The van der Waals surface area contributed by atoms with Crippen LogP contribution >= 0.6 is 0 Å². The van der Waals surface area contributed by atoms with Crippen molar-refractivity contribution in [3.8, 4) is 0 Å². The highest BCUT2D eigenvalue weighted by Crippen LogP contribution is 2.31. The average molecular weight is 464 g/mol. The van der Waals surface area contributed by atoms with E-state index in [1.807, 2.05) is 6.92 Å². The van der Waals surface area contributed by atoms with Crippen molar-refractivity contribution in [2.45, 2.75) is 112 Å². The summed E-state index contributed by atoms with van der Waals surface area (Å²) in [5, 5.41) is 35.0. The third kappa shape index (κ3) is 5.43. The first-order chi connectivity index (χ1) is 15.0. The largest absolute Gasteiger partial charge is 0.388 e. The second kappa shape index (κ2) is 10.4. The fourth-order valence-electron chi connectivity index (χ4n) is 4.87. The molecule has 1 saturated carbocycles. The Morgan fingerprint density at radius 1 is 1.00 bits per heavy atom. The van der Waals surface area contributed by atoms with E-state index in [4.69, 9.17) is 41.9 Å². The van der Waals surface area contributed by atoms with Gasteiger partial charge in [0.15, 0.2) is 12.6 Å². The summed E-state index contributed by atoms with van der Waals surface area (Å²) in [7, 11) is 1.62. The first kappa shape index (κ1) is 26.1. The molecule has 12 heteroatoms. The molecule has 0 aromatic heterocycles. The third-order valence-corrected chi connectivity index (χ3v) is 6.81. The Labute approximate surface area is 188 Å². The van der Waals surface area contributed by atoms with Crippen molar-refractivity contribution in [1.82, 2.24) is 5.32 Å². The molecule has 3 aliphatic rings.